The zero-order chi connectivity index (χ0) is 18.1. The zero-order valence-electron chi connectivity index (χ0n) is 14.7. The molecule has 1 aliphatic heterocycles. The maximum atomic E-state index is 12.8. The van der Waals surface area contributed by atoms with E-state index in [0.29, 0.717) is 48.9 Å². The molecule has 3 heterocycles. The van der Waals surface area contributed by atoms with Crippen LogP contribution >= 0.6 is 0 Å². The van der Waals surface area contributed by atoms with E-state index in [1.54, 1.807) is 0 Å². The van der Waals surface area contributed by atoms with Gasteiger partial charge in [0.1, 0.15) is 17.5 Å². The number of hydrogen-bond donors (Lipinski definition) is 1. The van der Waals surface area contributed by atoms with Gasteiger partial charge < -0.3 is 19.5 Å². The summed E-state index contributed by atoms with van der Waals surface area (Å²) in [6, 6.07) is 5.87. The normalized spacial score (nSPS) is 14.6. The van der Waals surface area contributed by atoms with E-state index in [2.05, 4.69) is 25.3 Å². The first-order chi connectivity index (χ1) is 12.6. The van der Waals surface area contributed by atoms with E-state index >= 15 is 0 Å². The van der Waals surface area contributed by atoms with Crippen molar-refractivity contribution in [1.29, 1.82) is 0 Å². The molecule has 0 unspecified atom stereocenters. The van der Waals surface area contributed by atoms with Gasteiger partial charge in [-0.3, -0.25) is 4.79 Å². The smallest absolute Gasteiger partial charge is 0.278 e. The van der Waals surface area contributed by atoms with Gasteiger partial charge in [-0.2, -0.15) is 4.98 Å². The monoisotopic (exact) mass is 353 g/mol. The minimum absolute atomic E-state index is 0.182. The first-order valence-electron chi connectivity index (χ1n) is 8.44. The minimum Gasteiger partial charge on any atom is -0.378 e. The van der Waals surface area contributed by atoms with Crippen molar-refractivity contribution in [2.75, 3.05) is 36.5 Å². The van der Waals surface area contributed by atoms with Gasteiger partial charge in [0.15, 0.2) is 5.69 Å². The van der Waals surface area contributed by atoms with Crippen LogP contribution < -0.4 is 10.2 Å². The molecular weight excluding hydrogens is 334 g/mol. The molecule has 1 aliphatic rings. The Bertz CT molecular complexity index is 942. The lowest BCUT2D eigenvalue weighted by molar-refractivity contribution is 0.102. The third-order valence-electron chi connectivity index (χ3n) is 4.26. The first kappa shape index (κ1) is 16.5. The fourth-order valence-corrected chi connectivity index (χ4v) is 3.18. The van der Waals surface area contributed by atoms with E-state index in [1.165, 1.54) is 6.33 Å². The number of rotatable bonds is 3. The van der Waals surface area contributed by atoms with Crippen molar-refractivity contribution in [2.24, 2.45) is 0 Å². The predicted molar refractivity (Wildman–Crippen MR) is 96.5 cm³/mol. The number of morpholine rings is 1. The standard InChI is InChI=1S/C18H19N5O3/c1-11-7-12(2)9-13(8-11)21-17(24)15-14-16(23-3-5-25-6-4-23)19-10-20-18(14)26-22-15/h7-10H,3-6H2,1-2H3,(H,21,24). The summed E-state index contributed by atoms with van der Waals surface area (Å²) in [5.74, 6) is 0.295. The summed E-state index contributed by atoms with van der Waals surface area (Å²) in [7, 11) is 0. The number of aromatic nitrogens is 3. The summed E-state index contributed by atoms with van der Waals surface area (Å²) in [6.45, 7) is 6.57. The van der Waals surface area contributed by atoms with Crippen LogP contribution in [0, 0.1) is 13.8 Å². The maximum absolute atomic E-state index is 12.8. The highest BCUT2D eigenvalue weighted by Gasteiger charge is 2.25. The van der Waals surface area contributed by atoms with Gasteiger partial charge in [-0.05, 0) is 37.1 Å². The Balaban J connectivity index is 1.70. The van der Waals surface area contributed by atoms with Crippen LogP contribution in [0.15, 0.2) is 29.0 Å². The molecular formula is C18H19N5O3. The van der Waals surface area contributed by atoms with Gasteiger partial charge in [-0.1, -0.05) is 11.2 Å². The molecule has 4 rings (SSSR count). The number of anilines is 2. The molecule has 8 nitrogen and oxygen atoms in total. The number of aryl methyl sites for hydroxylation is 2. The van der Waals surface area contributed by atoms with Gasteiger partial charge in [0.2, 0.25) is 0 Å². The molecule has 1 amide bonds. The summed E-state index contributed by atoms with van der Waals surface area (Å²) in [5, 5.41) is 7.36. The van der Waals surface area contributed by atoms with Crippen LogP contribution in [-0.2, 0) is 4.74 Å². The molecule has 3 aromatic rings. The quantitative estimate of drug-likeness (QED) is 0.772. The van der Waals surface area contributed by atoms with E-state index in [4.69, 9.17) is 9.26 Å². The molecule has 26 heavy (non-hydrogen) atoms. The average molecular weight is 353 g/mol. The Morgan fingerprint density at radius 3 is 2.58 bits per heavy atom. The molecule has 0 radical (unpaired) electrons. The van der Waals surface area contributed by atoms with Crippen LogP contribution in [0.3, 0.4) is 0 Å². The molecule has 0 aliphatic carbocycles. The molecule has 0 saturated carbocycles. The largest absolute Gasteiger partial charge is 0.378 e. The van der Waals surface area contributed by atoms with Crippen LogP contribution in [0.4, 0.5) is 11.5 Å². The van der Waals surface area contributed by atoms with Gasteiger partial charge in [0.25, 0.3) is 11.6 Å². The van der Waals surface area contributed by atoms with Crippen molar-refractivity contribution in [2.45, 2.75) is 13.8 Å². The summed E-state index contributed by atoms with van der Waals surface area (Å²) < 4.78 is 10.7. The van der Waals surface area contributed by atoms with Crippen molar-refractivity contribution in [1.82, 2.24) is 15.1 Å². The molecule has 1 saturated heterocycles. The zero-order valence-corrected chi connectivity index (χ0v) is 14.7. The summed E-state index contributed by atoms with van der Waals surface area (Å²) in [6.07, 6.45) is 1.42. The number of carbonyl (C=O) groups is 1. The lowest BCUT2D eigenvalue weighted by Crippen LogP contribution is -2.37. The van der Waals surface area contributed by atoms with Crippen molar-refractivity contribution >= 4 is 28.5 Å². The van der Waals surface area contributed by atoms with Gasteiger partial charge >= 0.3 is 0 Å². The van der Waals surface area contributed by atoms with E-state index < -0.39 is 0 Å². The molecule has 134 valence electrons. The number of fused-ring (bicyclic) bond motifs is 1. The average Bonchev–Trinajstić information content (AvgIpc) is 3.06. The lowest BCUT2D eigenvalue weighted by atomic mass is 10.1. The second-order valence-corrected chi connectivity index (χ2v) is 6.34. The minimum atomic E-state index is -0.349. The highest BCUT2D eigenvalue weighted by molar-refractivity contribution is 6.12. The maximum Gasteiger partial charge on any atom is 0.278 e. The number of amides is 1. The molecule has 1 N–H and O–H groups in total. The third-order valence-corrected chi connectivity index (χ3v) is 4.26. The predicted octanol–water partition coefficient (Wildman–Crippen LogP) is 2.32. The number of carbonyl (C=O) groups excluding carboxylic acids is 1. The van der Waals surface area contributed by atoms with Gasteiger partial charge in [0.05, 0.1) is 13.2 Å². The second-order valence-electron chi connectivity index (χ2n) is 6.34. The van der Waals surface area contributed by atoms with E-state index in [1.807, 2.05) is 32.0 Å². The number of ether oxygens (including phenoxy) is 1. The molecule has 0 atom stereocenters. The summed E-state index contributed by atoms with van der Waals surface area (Å²) >= 11 is 0. The van der Waals surface area contributed by atoms with Crippen molar-refractivity contribution < 1.29 is 14.1 Å². The number of benzene rings is 1. The molecule has 0 bridgehead atoms. The van der Waals surface area contributed by atoms with E-state index in [9.17, 15) is 4.79 Å². The van der Waals surface area contributed by atoms with Crippen LogP contribution in [0.5, 0.6) is 0 Å². The Morgan fingerprint density at radius 1 is 1.12 bits per heavy atom. The lowest BCUT2D eigenvalue weighted by Gasteiger charge is -2.27. The number of hydrogen-bond acceptors (Lipinski definition) is 7. The Labute approximate surface area is 150 Å². The number of nitrogens with one attached hydrogen (secondary N) is 1. The Morgan fingerprint density at radius 2 is 1.85 bits per heavy atom. The Kier molecular flexibility index (Phi) is 4.26. The third kappa shape index (κ3) is 3.11. The van der Waals surface area contributed by atoms with Gasteiger partial charge in [-0.15, -0.1) is 0 Å². The fraction of sp³-hybridized carbons (Fsp3) is 0.333. The summed E-state index contributed by atoms with van der Waals surface area (Å²) in [4.78, 5) is 23.3. The molecule has 1 fully saturated rings. The second kappa shape index (κ2) is 6.72. The van der Waals surface area contributed by atoms with E-state index in [0.717, 1.165) is 11.1 Å². The van der Waals surface area contributed by atoms with Gasteiger partial charge in [0, 0.05) is 18.8 Å². The highest BCUT2D eigenvalue weighted by Crippen LogP contribution is 2.27. The van der Waals surface area contributed by atoms with E-state index in [-0.39, 0.29) is 11.6 Å². The first-order valence-corrected chi connectivity index (χ1v) is 8.44. The fourth-order valence-electron chi connectivity index (χ4n) is 3.18. The molecule has 1 aromatic carbocycles. The van der Waals surface area contributed by atoms with Crippen LogP contribution in [0.2, 0.25) is 0 Å². The highest BCUT2D eigenvalue weighted by atomic mass is 16.5. The Hall–Kier alpha value is -3.00. The topological polar surface area (TPSA) is 93.4 Å². The van der Waals surface area contributed by atoms with Gasteiger partial charge in [-0.25, -0.2) is 4.98 Å². The molecule has 8 heteroatoms. The molecule has 2 aromatic heterocycles. The van der Waals surface area contributed by atoms with Crippen LogP contribution in [0.1, 0.15) is 21.6 Å². The summed E-state index contributed by atoms with van der Waals surface area (Å²) in [5.41, 5.74) is 3.34. The molecule has 0 spiro atoms. The number of nitrogens with zero attached hydrogens (tertiary/aromatic N) is 4. The van der Waals surface area contributed by atoms with Crippen LogP contribution in [0.25, 0.3) is 11.1 Å². The van der Waals surface area contributed by atoms with Crippen molar-refractivity contribution in [3.63, 3.8) is 0 Å². The van der Waals surface area contributed by atoms with Crippen molar-refractivity contribution in [3.05, 3.63) is 41.3 Å². The van der Waals surface area contributed by atoms with Crippen LogP contribution in [-0.4, -0.2) is 47.3 Å². The SMILES string of the molecule is Cc1cc(C)cc(NC(=O)c2noc3ncnc(N4CCOCC4)c23)c1. The van der Waals surface area contributed by atoms with Crippen molar-refractivity contribution in [3.8, 4) is 0 Å².